The molecular weight excluding hydrogens is 386 g/mol. The minimum absolute atomic E-state index is 0. The molecule has 2 atom stereocenters. The summed E-state index contributed by atoms with van der Waals surface area (Å²) in [4.78, 5) is 2.92. The van der Waals surface area contributed by atoms with Crippen LogP contribution >= 0.6 is 22.7 Å². The van der Waals surface area contributed by atoms with Crippen LogP contribution in [0.25, 0.3) is 5.57 Å². The van der Waals surface area contributed by atoms with Crippen molar-refractivity contribution in [1.82, 2.24) is 0 Å². The van der Waals surface area contributed by atoms with Crippen molar-refractivity contribution in [2.75, 3.05) is 20.1 Å². The molecule has 2 fully saturated rings. The van der Waals surface area contributed by atoms with Crippen molar-refractivity contribution >= 4 is 28.2 Å². The molecule has 124 valence electrons. The number of hydrogen-bond acceptors (Lipinski definition) is 2. The molecule has 1 nitrogen and oxygen atoms in total. The quantitative estimate of drug-likeness (QED) is 0.668. The van der Waals surface area contributed by atoms with Crippen LogP contribution in [0.1, 0.15) is 41.9 Å². The summed E-state index contributed by atoms with van der Waals surface area (Å²) in [5.41, 5.74) is 3.25. The van der Waals surface area contributed by atoms with Crippen molar-refractivity contribution in [2.24, 2.45) is 0 Å². The number of likely N-dealkylation sites (N-methyl/N-ethyl adjacent to an activating group) is 1. The first kappa shape index (κ1) is 17.4. The van der Waals surface area contributed by atoms with Crippen LogP contribution in [0.3, 0.4) is 0 Å². The Morgan fingerprint density at radius 1 is 1.04 bits per heavy atom. The van der Waals surface area contributed by atoms with E-state index in [0.717, 1.165) is 6.04 Å². The zero-order valence-corrected chi connectivity index (χ0v) is 16.9. The van der Waals surface area contributed by atoms with E-state index in [1.165, 1.54) is 59.4 Å². The molecule has 4 heteroatoms. The zero-order valence-electron chi connectivity index (χ0n) is 13.6. The van der Waals surface area contributed by atoms with E-state index in [9.17, 15) is 0 Å². The van der Waals surface area contributed by atoms with E-state index in [1.54, 1.807) is 11.1 Å². The summed E-state index contributed by atoms with van der Waals surface area (Å²) in [6.07, 6.45) is 6.97. The fourth-order valence-corrected chi connectivity index (χ4v) is 6.11. The van der Waals surface area contributed by atoms with Gasteiger partial charge in [-0.25, -0.2) is 0 Å². The van der Waals surface area contributed by atoms with E-state index in [2.05, 4.69) is 42.1 Å². The minimum Gasteiger partial charge on any atom is -1.00 e. The van der Waals surface area contributed by atoms with E-state index in [-0.39, 0.29) is 17.0 Å². The van der Waals surface area contributed by atoms with Gasteiger partial charge in [-0.05, 0) is 54.1 Å². The maximum Gasteiger partial charge on any atom is 0.101 e. The largest absolute Gasteiger partial charge is 1.00 e. The predicted octanol–water partition coefficient (Wildman–Crippen LogP) is 2.41. The first-order valence-electron chi connectivity index (χ1n) is 8.40. The van der Waals surface area contributed by atoms with Gasteiger partial charge in [0.2, 0.25) is 0 Å². The standard InChI is InChI=1S/C19H24NS2.BrH/c1-20-11-3-2-6-16(20)10-9-15(14-20)19(17-7-4-12-21-17)18-8-5-13-22-18;/h4-5,7-8,12-13,16H,2-3,6,9-11,14H2,1H3;1H/q+1;/p-1/t16-,20-;/m1./s1. The molecule has 2 saturated heterocycles. The van der Waals surface area contributed by atoms with Crippen molar-refractivity contribution in [2.45, 2.75) is 38.1 Å². The lowest BCUT2D eigenvalue weighted by Crippen LogP contribution is -3.00. The van der Waals surface area contributed by atoms with Gasteiger partial charge in [0.15, 0.2) is 0 Å². The summed E-state index contributed by atoms with van der Waals surface area (Å²) in [5.74, 6) is 0. The monoisotopic (exact) mass is 409 g/mol. The number of quaternary nitrogens is 1. The van der Waals surface area contributed by atoms with Crippen LogP contribution in [0.4, 0.5) is 0 Å². The second-order valence-electron chi connectivity index (χ2n) is 6.98. The van der Waals surface area contributed by atoms with Crippen molar-refractivity contribution in [1.29, 1.82) is 0 Å². The number of hydrogen-bond donors (Lipinski definition) is 0. The second kappa shape index (κ2) is 7.22. The number of piperidine rings is 2. The van der Waals surface area contributed by atoms with Crippen LogP contribution < -0.4 is 17.0 Å². The topological polar surface area (TPSA) is 0 Å². The Morgan fingerprint density at radius 3 is 2.35 bits per heavy atom. The van der Waals surface area contributed by atoms with Crippen LogP contribution in [0.2, 0.25) is 0 Å². The molecule has 0 saturated carbocycles. The molecule has 2 aromatic rings. The third-order valence-electron chi connectivity index (χ3n) is 5.56. The van der Waals surface area contributed by atoms with Crippen LogP contribution in [-0.4, -0.2) is 30.7 Å². The predicted molar refractivity (Wildman–Crippen MR) is 97.5 cm³/mol. The summed E-state index contributed by atoms with van der Waals surface area (Å²) in [6, 6.07) is 9.89. The van der Waals surface area contributed by atoms with E-state index in [1.807, 2.05) is 22.7 Å². The first-order valence-corrected chi connectivity index (χ1v) is 10.2. The van der Waals surface area contributed by atoms with Crippen LogP contribution in [0.5, 0.6) is 0 Å². The van der Waals surface area contributed by atoms with Gasteiger partial charge in [0.05, 0.1) is 19.6 Å². The molecule has 4 heterocycles. The molecule has 0 unspecified atom stereocenters. The van der Waals surface area contributed by atoms with Gasteiger partial charge in [0.1, 0.15) is 6.54 Å². The van der Waals surface area contributed by atoms with Crippen LogP contribution in [0.15, 0.2) is 40.6 Å². The fourth-order valence-electron chi connectivity index (χ4n) is 4.38. The number of fused-ring (bicyclic) bond motifs is 1. The third-order valence-corrected chi connectivity index (χ3v) is 7.33. The Hall–Kier alpha value is -0.420. The molecule has 0 N–H and O–H groups in total. The SMILES string of the molecule is C[N@+]12CCCC[C@@H]1CCC(=C(c1cccs1)c1cccs1)C2.[Br-]. The van der Waals surface area contributed by atoms with Gasteiger partial charge in [-0.2, -0.15) is 0 Å². The fraction of sp³-hybridized carbons (Fsp3) is 0.474. The van der Waals surface area contributed by atoms with E-state index in [0.29, 0.717) is 0 Å². The average Bonchev–Trinajstić information content (AvgIpc) is 3.20. The molecule has 0 spiro atoms. The maximum atomic E-state index is 2.50. The van der Waals surface area contributed by atoms with E-state index in [4.69, 9.17) is 0 Å². The van der Waals surface area contributed by atoms with Gasteiger partial charge < -0.3 is 21.5 Å². The summed E-state index contributed by atoms with van der Waals surface area (Å²) in [6.45, 7) is 2.63. The van der Waals surface area contributed by atoms with Crippen molar-refractivity contribution in [3.8, 4) is 0 Å². The van der Waals surface area contributed by atoms with Crippen molar-refractivity contribution < 1.29 is 21.5 Å². The highest BCUT2D eigenvalue weighted by Gasteiger charge is 2.40. The number of halogens is 1. The minimum atomic E-state index is 0. The average molecular weight is 410 g/mol. The highest BCUT2D eigenvalue weighted by molar-refractivity contribution is 7.13. The highest BCUT2D eigenvalue weighted by Crippen LogP contribution is 2.41. The normalized spacial score (nSPS) is 27.2. The Kier molecular flexibility index (Phi) is 5.46. The van der Waals surface area contributed by atoms with E-state index >= 15 is 0 Å². The lowest BCUT2D eigenvalue weighted by Gasteiger charge is -2.48. The van der Waals surface area contributed by atoms with Gasteiger partial charge in [-0.15, -0.1) is 22.7 Å². The molecule has 0 aromatic carbocycles. The Morgan fingerprint density at radius 2 is 1.74 bits per heavy atom. The van der Waals surface area contributed by atoms with Crippen molar-refractivity contribution in [3.63, 3.8) is 0 Å². The molecule has 23 heavy (non-hydrogen) atoms. The Balaban J connectivity index is 0.00000156. The molecule has 2 aromatic heterocycles. The van der Waals surface area contributed by atoms with Crippen molar-refractivity contribution in [3.05, 3.63) is 50.4 Å². The molecule has 0 bridgehead atoms. The Bertz CT molecular complexity index is 623. The summed E-state index contributed by atoms with van der Waals surface area (Å²) in [7, 11) is 2.50. The number of rotatable bonds is 2. The molecular formula is C19H24BrNS2. The number of thiophene rings is 2. The smallest absolute Gasteiger partial charge is 0.101 e. The lowest BCUT2D eigenvalue weighted by atomic mass is 9.85. The van der Waals surface area contributed by atoms with Crippen LogP contribution in [-0.2, 0) is 0 Å². The highest BCUT2D eigenvalue weighted by atomic mass is 79.9. The van der Waals surface area contributed by atoms with Gasteiger partial charge >= 0.3 is 0 Å². The zero-order chi connectivity index (χ0) is 15.0. The van der Waals surface area contributed by atoms with Gasteiger partial charge in [0, 0.05) is 21.7 Å². The van der Waals surface area contributed by atoms with Crippen LogP contribution in [0, 0.1) is 0 Å². The summed E-state index contributed by atoms with van der Waals surface area (Å²) >= 11 is 3.79. The molecule has 4 rings (SSSR count). The Labute approximate surface area is 158 Å². The summed E-state index contributed by atoms with van der Waals surface area (Å²) < 4.78 is 1.29. The molecule has 2 aliphatic rings. The molecule has 2 aliphatic heterocycles. The van der Waals surface area contributed by atoms with Gasteiger partial charge in [-0.1, -0.05) is 12.1 Å². The molecule has 0 radical (unpaired) electrons. The second-order valence-corrected chi connectivity index (χ2v) is 8.88. The molecule has 0 amide bonds. The van der Waals surface area contributed by atoms with Gasteiger partial charge in [-0.3, -0.25) is 0 Å². The summed E-state index contributed by atoms with van der Waals surface area (Å²) in [5, 5.41) is 4.43. The van der Waals surface area contributed by atoms with Gasteiger partial charge in [0.25, 0.3) is 0 Å². The third kappa shape index (κ3) is 3.37. The lowest BCUT2D eigenvalue weighted by molar-refractivity contribution is -0.937. The maximum absolute atomic E-state index is 2.50. The number of nitrogens with zero attached hydrogens (tertiary/aromatic N) is 1. The first-order chi connectivity index (χ1) is 10.8. The van der Waals surface area contributed by atoms with E-state index < -0.39 is 0 Å². The molecule has 0 aliphatic carbocycles.